The van der Waals surface area contributed by atoms with Gasteiger partial charge in [0.2, 0.25) is 0 Å². The lowest BCUT2D eigenvalue weighted by Gasteiger charge is -2.15. The van der Waals surface area contributed by atoms with E-state index in [2.05, 4.69) is 110 Å². The molecular formula is C58H59N3. The van der Waals surface area contributed by atoms with Crippen LogP contribution in [0.2, 0.25) is 0 Å². The van der Waals surface area contributed by atoms with Crippen LogP contribution in [-0.4, -0.2) is 15.8 Å². The minimum atomic E-state index is 0.691. The van der Waals surface area contributed by atoms with Crippen LogP contribution in [0.1, 0.15) is 84.4 Å². The summed E-state index contributed by atoms with van der Waals surface area (Å²) in [4.78, 5) is 10.1. The molecule has 3 rings (SSSR count). The van der Waals surface area contributed by atoms with E-state index < -0.39 is 0 Å². The van der Waals surface area contributed by atoms with E-state index in [0.29, 0.717) is 6.42 Å². The van der Waals surface area contributed by atoms with Gasteiger partial charge in [-0.1, -0.05) is 99.6 Å². The number of allylic oxidation sites excluding steroid dienone is 28. The van der Waals surface area contributed by atoms with Crippen LogP contribution >= 0.6 is 0 Å². The lowest BCUT2D eigenvalue weighted by Crippen LogP contribution is -2.03. The fourth-order valence-corrected chi connectivity index (χ4v) is 6.20. The van der Waals surface area contributed by atoms with Gasteiger partial charge < -0.3 is 0 Å². The Morgan fingerprint density at radius 1 is 0.902 bits per heavy atom. The molecule has 2 aliphatic carbocycles. The smallest absolute Gasteiger partial charge is 0.145 e. The number of hydrogen-bond donors (Lipinski definition) is 0. The molecule has 3 nitrogen and oxygen atoms in total. The molecule has 1 aromatic rings. The summed E-state index contributed by atoms with van der Waals surface area (Å²) in [5.41, 5.74) is 19.5. The van der Waals surface area contributed by atoms with Gasteiger partial charge >= 0.3 is 0 Å². The van der Waals surface area contributed by atoms with Crippen molar-refractivity contribution in [1.82, 2.24) is 9.55 Å². The van der Waals surface area contributed by atoms with Crippen molar-refractivity contribution in [3.05, 3.63) is 233 Å². The van der Waals surface area contributed by atoms with E-state index in [1.807, 2.05) is 120 Å². The largest absolute Gasteiger partial charge is 0.292 e. The van der Waals surface area contributed by atoms with E-state index in [9.17, 15) is 0 Å². The highest BCUT2D eigenvalue weighted by molar-refractivity contribution is 5.83. The average Bonchev–Trinajstić information content (AvgIpc) is 3.42. The number of rotatable bonds is 20. The Bertz CT molecular complexity index is 2570. The molecule has 0 atom stereocenters. The maximum atomic E-state index is 5.58. The highest BCUT2D eigenvalue weighted by atomic mass is 15.1. The molecular weight excluding hydrogens is 739 g/mol. The maximum Gasteiger partial charge on any atom is 0.145 e. The summed E-state index contributed by atoms with van der Waals surface area (Å²) in [6, 6.07) is 0. The Hall–Kier alpha value is -7.38. The number of terminal acetylenes is 1. The minimum absolute atomic E-state index is 0.691. The molecule has 2 aliphatic rings. The summed E-state index contributed by atoms with van der Waals surface area (Å²) in [6.07, 6.45) is 52.4. The monoisotopic (exact) mass is 797 g/mol. The minimum Gasteiger partial charge on any atom is -0.292 e. The van der Waals surface area contributed by atoms with Gasteiger partial charge in [0.1, 0.15) is 5.82 Å². The van der Waals surface area contributed by atoms with Gasteiger partial charge in [-0.2, -0.15) is 0 Å². The van der Waals surface area contributed by atoms with E-state index in [-0.39, 0.29) is 0 Å². The third-order valence-electron chi connectivity index (χ3n) is 9.62. The summed E-state index contributed by atoms with van der Waals surface area (Å²) < 4.78 is 2.11. The van der Waals surface area contributed by atoms with E-state index in [1.54, 1.807) is 12.3 Å². The molecule has 0 fully saturated rings. The summed E-state index contributed by atoms with van der Waals surface area (Å²) in [5.74, 6) is 9.60. The van der Waals surface area contributed by atoms with E-state index in [0.717, 1.165) is 104 Å². The Balaban J connectivity index is 2.02. The molecule has 1 heterocycles. The van der Waals surface area contributed by atoms with Crippen molar-refractivity contribution in [2.24, 2.45) is 4.99 Å². The van der Waals surface area contributed by atoms with Crippen LogP contribution in [-0.2, 0) is 0 Å². The van der Waals surface area contributed by atoms with Crippen molar-refractivity contribution in [3.63, 3.8) is 0 Å². The first-order valence-electron chi connectivity index (χ1n) is 20.4. The van der Waals surface area contributed by atoms with Gasteiger partial charge in [0.15, 0.2) is 0 Å². The number of imidazole rings is 1. The van der Waals surface area contributed by atoms with E-state index in [4.69, 9.17) is 16.4 Å². The number of nitrogens with zero attached hydrogens (tertiary/aromatic N) is 3. The van der Waals surface area contributed by atoms with Crippen LogP contribution in [0.3, 0.4) is 0 Å². The summed E-state index contributed by atoms with van der Waals surface area (Å²) >= 11 is 0. The van der Waals surface area contributed by atoms with Crippen LogP contribution in [0.5, 0.6) is 0 Å². The normalized spacial score (nSPS) is 15.2. The average molecular weight is 798 g/mol. The zero-order valence-corrected chi connectivity index (χ0v) is 37.0. The van der Waals surface area contributed by atoms with Crippen LogP contribution in [0.15, 0.2) is 221 Å². The summed E-state index contributed by atoms with van der Waals surface area (Å²) in [7, 11) is 0. The number of aromatic nitrogens is 2. The second kappa shape index (κ2) is 25.9. The standard InChI is InChI=1S/C58H59N3/c1-13-20-23-24-25-27-31-45(9)43-59-57(48(12)49(18-6)32-26-21-14-2)47(11)46(10)50-33-28-34-51(39-38-50)52-35-29-36-53(41-40-52)58-60-55(19-7)56(42-44(8)17-5)61(58)54(30-16-4)37-22-15-3/h2,13,16-20,24-25,27-31,34,36-43H,5-7,9-10,21,23,26,32H2,1,3-4,8,11-12H3/b20-13-,25-24-,30-16-,31-27-,44-42-,49-48+,54-37+,57-47-,59-43+. The zero-order valence-electron chi connectivity index (χ0n) is 37.0. The SMILES string of the molecule is C#CCCC/C(C=C)=C(C)/C(/N=C/C(=C)/C=C\C=C/C/C=C\C)=C(\C)C(=C)C1=C=CC=C(C2=C=CC=C(c3nc(C=C)c(/C=C(/C)C=C)n3C(/C=C\C)=C/C#CC)C=C2)C=C1. The van der Waals surface area contributed by atoms with Gasteiger partial charge in [-0.25, -0.2) is 4.98 Å². The molecule has 0 aromatic carbocycles. The molecule has 3 heteroatoms. The number of hydrogen-bond acceptors (Lipinski definition) is 2. The molecule has 0 radical (unpaired) electrons. The molecule has 1 aromatic heterocycles. The third kappa shape index (κ3) is 14.1. The first-order chi connectivity index (χ1) is 29.6. The highest BCUT2D eigenvalue weighted by Gasteiger charge is 2.19. The van der Waals surface area contributed by atoms with Crippen molar-refractivity contribution in [2.75, 3.05) is 0 Å². The van der Waals surface area contributed by atoms with Gasteiger partial charge in [-0.05, 0) is 161 Å². The molecule has 0 bridgehead atoms. The molecule has 0 N–H and O–H groups in total. The second-order valence-corrected chi connectivity index (χ2v) is 14.0. The molecule has 306 valence electrons. The van der Waals surface area contributed by atoms with E-state index in [1.165, 1.54) is 0 Å². The van der Waals surface area contributed by atoms with E-state index >= 15 is 0 Å². The van der Waals surface area contributed by atoms with Crippen molar-refractivity contribution in [1.29, 1.82) is 0 Å². The Morgan fingerprint density at radius 3 is 2.34 bits per heavy atom. The van der Waals surface area contributed by atoms with Crippen LogP contribution < -0.4 is 0 Å². The number of unbranched alkanes of at least 4 members (excludes halogenated alkanes) is 1. The van der Waals surface area contributed by atoms with Gasteiger partial charge in [-0.15, -0.1) is 29.7 Å². The molecule has 0 saturated carbocycles. The Kier molecular flexibility index (Phi) is 20.4. The van der Waals surface area contributed by atoms with Crippen molar-refractivity contribution in [3.8, 4) is 24.2 Å². The quantitative estimate of drug-likeness (QED) is 0.0323. The van der Waals surface area contributed by atoms with Gasteiger partial charge in [0.25, 0.3) is 0 Å². The molecule has 0 unspecified atom stereocenters. The van der Waals surface area contributed by atoms with Gasteiger partial charge in [0.05, 0.1) is 22.8 Å². The summed E-state index contributed by atoms with van der Waals surface area (Å²) in [6.45, 7) is 32.9. The van der Waals surface area contributed by atoms with Crippen LogP contribution in [0.25, 0.3) is 23.4 Å². The second-order valence-electron chi connectivity index (χ2n) is 14.0. The van der Waals surface area contributed by atoms with Crippen molar-refractivity contribution < 1.29 is 0 Å². The highest BCUT2D eigenvalue weighted by Crippen LogP contribution is 2.32. The summed E-state index contributed by atoms with van der Waals surface area (Å²) in [5, 5.41) is 0. The predicted octanol–water partition coefficient (Wildman–Crippen LogP) is 15.0. The Morgan fingerprint density at radius 2 is 1.66 bits per heavy atom. The lowest BCUT2D eigenvalue weighted by molar-refractivity contribution is 0.853. The fraction of sp³-hybridized carbons (Fsp3) is 0.172. The van der Waals surface area contributed by atoms with Crippen LogP contribution in [0, 0.1) is 24.2 Å². The van der Waals surface area contributed by atoms with Crippen molar-refractivity contribution in [2.45, 2.75) is 67.2 Å². The maximum absolute atomic E-state index is 5.58. The zero-order chi connectivity index (χ0) is 44.6. The lowest BCUT2D eigenvalue weighted by atomic mass is 9.93. The third-order valence-corrected chi connectivity index (χ3v) is 9.62. The fourth-order valence-electron chi connectivity index (χ4n) is 6.20. The number of aliphatic imine (C=N–C) groups is 1. The predicted molar refractivity (Wildman–Crippen MR) is 269 cm³/mol. The van der Waals surface area contributed by atoms with Crippen LogP contribution in [0.4, 0.5) is 0 Å². The van der Waals surface area contributed by atoms with Gasteiger partial charge in [0, 0.05) is 35.4 Å². The molecule has 0 aliphatic heterocycles. The molecule has 61 heavy (non-hydrogen) atoms. The topological polar surface area (TPSA) is 30.2 Å². The molecule has 0 amide bonds. The molecule has 0 saturated heterocycles. The van der Waals surface area contributed by atoms with Crippen molar-refractivity contribution >= 4 is 29.6 Å². The molecule has 0 spiro atoms. The first-order valence-corrected chi connectivity index (χ1v) is 20.4. The Labute approximate surface area is 367 Å². The van der Waals surface area contributed by atoms with Gasteiger partial charge in [-0.3, -0.25) is 9.56 Å². The first kappa shape index (κ1) is 48.0.